The molecule has 0 radical (unpaired) electrons. The van der Waals surface area contributed by atoms with Crippen LogP contribution in [0.25, 0.3) is 20.7 Å². The lowest BCUT2D eigenvalue weighted by molar-refractivity contribution is -0.207. The molecule has 0 aliphatic carbocycles. The van der Waals surface area contributed by atoms with Crippen LogP contribution in [0.15, 0.2) is 58.1 Å². The summed E-state index contributed by atoms with van der Waals surface area (Å²) in [5.41, 5.74) is -1.69. The van der Waals surface area contributed by atoms with E-state index < -0.39 is 41.8 Å². The Morgan fingerprint density at radius 3 is 2.06 bits per heavy atom. The molecule has 4 rings (SSSR count). The molecule has 2 aromatic heterocycles. The first-order valence-corrected chi connectivity index (χ1v) is 11.0. The van der Waals surface area contributed by atoms with E-state index >= 15 is 0 Å². The summed E-state index contributed by atoms with van der Waals surface area (Å²) in [5.74, 6) is 0.480. The van der Waals surface area contributed by atoms with E-state index in [0.29, 0.717) is 26.3 Å². The molecule has 2 N–H and O–H groups in total. The second kappa shape index (κ2) is 9.13. The SMILES string of the molecule is Cc1c(-c2ccc(Oc3ccc(C(F)(F)F)cc3)cc2)sc2c1c(=O)[nH]c(=O)n2CC(O)C(F)(F)F. The normalized spacial score (nSPS) is 13.2. The smallest absolute Gasteiger partial charge is 0.416 e. The molecule has 2 aromatic carbocycles. The van der Waals surface area contributed by atoms with Crippen molar-refractivity contribution in [2.45, 2.75) is 31.9 Å². The van der Waals surface area contributed by atoms with Gasteiger partial charge in [0.1, 0.15) is 16.3 Å². The molecular weight excluding hydrogens is 514 g/mol. The van der Waals surface area contributed by atoms with E-state index in [1.54, 1.807) is 19.1 Å². The number of benzene rings is 2. The van der Waals surface area contributed by atoms with Crippen molar-refractivity contribution in [1.82, 2.24) is 9.55 Å². The fourth-order valence-corrected chi connectivity index (χ4v) is 4.83. The van der Waals surface area contributed by atoms with Crippen LogP contribution in [0.2, 0.25) is 0 Å². The van der Waals surface area contributed by atoms with Crippen molar-refractivity contribution >= 4 is 21.6 Å². The summed E-state index contributed by atoms with van der Waals surface area (Å²) < 4.78 is 82.9. The van der Waals surface area contributed by atoms with Crippen LogP contribution in [0.5, 0.6) is 11.5 Å². The molecule has 0 bridgehead atoms. The highest BCUT2D eigenvalue weighted by molar-refractivity contribution is 7.22. The summed E-state index contributed by atoms with van der Waals surface area (Å²) in [6.07, 6.45) is -12.2. The number of nitrogens with zero attached hydrogens (tertiary/aromatic N) is 1. The highest BCUT2D eigenvalue weighted by atomic mass is 32.1. The van der Waals surface area contributed by atoms with Gasteiger partial charge < -0.3 is 9.84 Å². The maximum Gasteiger partial charge on any atom is 0.416 e. The van der Waals surface area contributed by atoms with E-state index in [-0.39, 0.29) is 16.0 Å². The molecule has 13 heteroatoms. The number of alkyl halides is 6. The first-order chi connectivity index (χ1) is 16.8. The maximum atomic E-state index is 12.9. The van der Waals surface area contributed by atoms with Gasteiger partial charge in [-0.25, -0.2) is 4.79 Å². The van der Waals surface area contributed by atoms with E-state index in [0.717, 1.165) is 23.5 Å². The number of halogens is 6. The van der Waals surface area contributed by atoms with Crippen molar-refractivity contribution in [2.75, 3.05) is 0 Å². The van der Waals surface area contributed by atoms with Crippen LogP contribution in [0.3, 0.4) is 0 Å². The first-order valence-electron chi connectivity index (χ1n) is 10.2. The Hall–Kier alpha value is -3.58. The summed E-state index contributed by atoms with van der Waals surface area (Å²) >= 11 is 0.915. The third-order valence-corrected chi connectivity index (χ3v) is 6.70. The van der Waals surface area contributed by atoms with Gasteiger partial charge in [-0.3, -0.25) is 14.3 Å². The van der Waals surface area contributed by atoms with Crippen LogP contribution in [-0.4, -0.2) is 26.9 Å². The minimum Gasteiger partial charge on any atom is -0.457 e. The average Bonchev–Trinajstić information content (AvgIpc) is 3.13. The van der Waals surface area contributed by atoms with E-state index in [4.69, 9.17) is 4.74 Å². The fraction of sp³-hybridized carbons (Fsp3) is 0.217. The van der Waals surface area contributed by atoms with Crippen LogP contribution >= 0.6 is 11.3 Å². The summed E-state index contributed by atoms with van der Waals surface area (Å²) in [7, 11) is 0. The Morgan fingerprint density at radius 2 is 1.53 bits per heavy atom. The minimum atomic E-state index is -4.96. The second-order valence-electron chi connectivity index (χ2n) is 7.81. The molecule has 190 valence electrons. The number of aliphatic hydroxyl groups is 1. The van der Waals surface area contributed by atoms with Gasteiger partial charge in [-0.2, -0.15) is 26.3 Å². The van der Waals surface area contributed by atoms with Gasteiger partial charge in [0.25, 0.3) is 5.56 Å². The second-order valence-corrected chi connectivity index (χ2v) is 8.81. The summed E-state index contributed by atoms with van der Waals surface area (Å²) in [6, 6.07) is 10.4. The molecule has 1 unspecified atom stereocenters. The highest BCUT2D eigenvalue weighted by Gasteiger charge is 2.39. The number of H-pyrrole nitrogens is 1. The van der Waals surface area contributed by atoms with Gasteiger partial charge in [-0.05, 0) is 66.6 Å². The van der Waals surface area contributed by atoms with Gasteiger partial charge >= 0.3 is 18.0 Å². The van der Waals surface area contributed by atoms with Crippen LogP contribution in [-0.2, 0) is 12.7 Å². The quantitative estimate of drug-likeness (QED) is 0.336. The molecule has 0 saturated heterocycles. The lowest BCUT2D eigenvalue weighted by Crippen LogP contribution is -2.38. The van der Waals surface area contributed by atoms with Crippen molar-refractivity contribution < 1.29 is 36.2 Å². The molecular formula is C23H16F6N2O4S. The number of rotatable bonds is 5. The van der Waals surface area contributed by atoms with Crippen LogP contribution < -0.4 is 16.0 Å². The summed E-state index contributed by atoms with van der Waals surface area (Å²) in [5, 5.41) is 9.47. The van der Waals surface area contributed by atoms with Gasteiger partial charge in [0.2, 0.25) is 0 Å². The van der Waals surface area contributed by atoms with E-state index in [9.17, 15) is 41.0 Å². The lowest BCUT2D eigenvalue weighted by Gasteiger charge is -2.15. The molecule has 2 heterocycles. The predicted octanol–water partition coefficient (Wildman–Crippen LogP) is 5.46. The van der Waals surface area contributed by atoms with Crippen LogP contribution in [0.4, 0.5) is 26.3 Å². The van der Waals surface area contributed by atoms with Crippen molar-refractivity contribution in [3.8, 4) is 21.9 Å². The van der Waals surface area contributed by atoms with Gasteiger partial charge in [0, 0.05) is 4.88 Å². The third-order valence-electron chi connectivity index (χ3n) is 5.33. The Labute approximate surface area is 202 Å². The number of aryl methyl sites for hydroxylation is 1. The summed E-state index contributed by atoms with van der Waals surface area (Å²) in [6.45, 7) is 0.486. The summed E-state index contributed by atoms with van der Waals surface area (Å²) in [4.78, 5) is 27.1. The number of thiophene rings is 1. The fourth-order valence-electron chi connectivity index (χ4n) is 3.52. The number of ether oxygens (including phenoxy) is 1. The van der Waals surface area contributed by atoms with Gasteiger partial charge in [-0.15, -0.1) is 11.3 Å². The first kappa shape index (κ1) is 25.5. The molecule has 0 aliphatic heterocycles. The third kappa shape index (κ3) is 5.02. The topological polar surface area (TPSA) is 84.3 Å². The molecule has 4 aromatic rings. The number of hydrogen-bond acceptors (Lipinski definition) is 5. The van der Waals surface area contributed by atoms with Gasteiger partial charge in [-0.1, -0.05) is 0 Å². The molecule has 0 fully saturated rings. The zero-order valence-electron chi connectivity index (χ0n) is 18.2. The van der Waals surface area contributed by atoms with E-state index in [1.807, 2.05) is 4.98 Å². The molecule has 36 heavy (non-hydrogen) atoms. The predicted molar refractivity (Wildman–Crippen MR) is 120 cm³/mol. The molecule has 1 atom stereocenters. The number of aromatic nitrogens is 2. The number of nitrogens with one attached hydrogen (secondary N) is 1. The molecule has 0 amide bonds. The molecule has 0 spiro atoms. The van der Waals surface area contributed by atoms with Crippen LogP contribution in [0, 0.1) is 6.92 Å². The van der Waals surface area contributed by atoms with Crippen molar-refractivity contribution in [1.29, 1.82) is 0 Å². The molecule has 6 nitrogen and oxygen atoms in total. The van der Waals surface area contributed by atoms with E-state index in [2.05, 4.69) is 0 Å². The van der Waals surface area contributed by atoms with Crippen molar-refractivity contribution in [3.05, 3.63) is 80.5 Å². The number of aromatic amines is 1. The van der Waals surface area contributed by atoms with Crippen molar-refractivity contribution in [3.63, 3.8) is 0 Å². The number of aliphatic hydroxyl groups excluding tert-OH is 1. The zero-order chi connectivity index (χ0) is 26.4. The maximum absolute atomic E-state index is 12.9. The standard InChI is InChI=1S/C23H16F6N2O4S/c1-11-17-19(33)30-21(34)31(10-16(32)23(27,28)29)20(17)36-18(11)12-2-6-14(7-3-12)35-15-8-4-13(5-9-15)22(24,25)26/h2-9,16,32H,10H2,1H3,(H,30,33,34). The van der Waals surface area contributed by atoms with E-state index in [1.165, 1.54) is 24.3 Å². The largest absolute Gasteiger partial charge is 0.457 e. The molecule has 0 saturated carbocycles. The lowest BCUT2D eigenvalue weighted by atomic mass is 10.1. The average molecular weight is 530 g/mol. The Balaban J connectivity index is 1.66. The van der Waals surface area contributed by atoms with Crippen molar-refractivity contribution in [2.24, 2.45) is 0 Å². The monoisotopic (exact) mass is 530 g/mol. The van der Waals surface area contributed by atoms with Gasteiger partial charge in [0.05, 0.1) is 17.5 Å². The Bertz CT molecular complexity index is 1520. The van der Waals surface area contributed by atoms with Crippen LogP contribution in [0.1, 0.15) is 11.1 Å². The highest BCUT2D eigenvalue weighted by Crippen LogP contribution is 2.38. The minimum absolute atomic E-state index is 0.0223. The number of fused-ring (bicyclic) bond motifs is 1. The number of hydrogen-bond donors (Lipinski definition) is 2. The Kier molecular flexibility index (Phi) is 6.47. The molecule has 0 aliphatic rings. The van der Waals surface area contributed by atoms with Gasteiger partial charge in [0.15, 0.2) is 6.10 Å². The zero-order valence-corrected chi connectivity index (χ0v) is 19.0. The Morgan fingerprint density at radius 1 is 0.972 bits per heavy atom.